The van der Waals surface area contributed by atoms with Gasteiger partial charge in [0.2, 0.25) is 5.91 Å². The maximum atomic E-state index is 13.4. The summed E-state index contributed by atoms with van der Waals surface area (Å²) in [7, 11) is 0. The fourth-order valence-electron chi connectivity index (χ4n) is 11.9. The number of carbonyl (C=O) groups excluding carboxylic acids is 1. The SMILES string of the molecule is CCC/C=C\C/C=C\CCCCCCCC(=O)NC(COC1OC(CO)C(OC2OC(CO)C(OC3OC(CO)C(O)C(O)C3O)C(O)C2O)C(O)C1O)C(O)CCCCCCCCCCCCCCCCCCCCCCCCCCCCCC. The Bertz CT molecular complexity index is 1660. The van der Waals surface area contributed by atoms with E-state index in [1.54, 1.807) is 0 Å². The second-order valence-corrected chi connectivity index (χ2v) is 25.0. The number of hydrogen-bond acceptors (Lipinski definition) is 18. The molecule has 1 amide bonds. The second-order valence-electron chi connectivity index (χ2n) is 25.0. The molecule has 17 atom stereocenters. The monoisotopic (exact) mass is 1230 g/mol. The van der Waals surface area contributed by atoms with Crippen LogP contribution in [-0.4, -0.2) is 193 Å². The molecular formula is C67H125NO18. The predicted molar refractivity (Wildman–Crippen MR) is 333 cm³/mol. The van der Waals surface area contributed by atoms with E-state index in [0.717, 1.165) is 77.0 Å². The van der Waals surface area contributed by atoms with Gasteiger partial charge in [-0.15, -0.1) is 0 Å². The topological polar surface area (TPSA) is 307 Å². The summed E-state index contributed by atoms with van der Waals surface area (Å²) >= 11 is 0. The van der Waals surface area contributed by atoms with Crippen LogP contribution >= 0.6 is 0 Å². The summed E-state index contributed by atoms with van der Waals surface area (Å²) in [5, 5.41) is 121. The number of ether oxygens (including phenoxy) is 6. The van der Waals surface area contributed by atoms with Crippen LogP contribution in [0.5, 0.6) is 0 Å². The molecule has 86 heavy (non-hydrogen) atoms. The highest BCUT2D eigenvalue weighted by molar-refractivity contribution is 5.76. The van der Waals surface area contributed by atoms with E-state index >= 15 is 0 Å². The van der Waals surface area contributed by atoms with E-state index in [2.05, 4.69) is 43.5 Å². The van der Waals surface area contributed by atoms with Crippen molar-refractivity contribution in [3.63, 3.8) is 0 Å². The number of carbonyl (C=O) groups is 1. The fourth-order valence-corrected chi connectivity index (χ4v) is 11.9. The van der Waals surface area contributed by atoms with Crippen molar-refractivity contribution in [3.8, 4) is 0 Å². The zero-order valence-electron chi connectivity index (χ0n) is 53.3. The molecule has 19 heteroatoms. The molecule has 0 aromatic rings. The standard InChI is InChI=1S/C67H125NO18/c1-3-5-7-9-11-13-15-17-18-19-20-21-22-23-24-25-26-27-28-29-30-31-33-34-36-38-40-42-44-51(72)50(68-55(73)45-43-41-39-37-35-32-16-14-12-10-8-6-4-2)49-81-65-61(79)58(76)63(53(47-70)83-65)86-67-62(80)59(77)64(54(48-71)84-67)85-66-60(78)57(75)56(74)52(46-69)82-66/h8,10,14,16,50-54,56-67,69-72,74-80H,3-7,9,11-13,15,17-49H2,1-2H3,(H,68,73)/b10-8-,16-14-. The van der Waals surface area contributed by atoms with Crippen LogP contribution in [0.3, 0.4) is 0 Å². The average Bonchev–Trinajstić information content (AvgIpc) is 2.26. The molecule has 3 aliphatic rings. The molecule has 3 saturated heterocycles. The van der Waals surface area contributed by atoms with Crippen LogP contribution in [0.15, 0.2) is 24.3 Å². The van der Waals surface area contributed by atoms with Crippen molar-refractivity contribution in [1.29, 1.82) is 0 Å². The van der Waals surface area contributed by atoms with E-state index in [-0.39, 0.29) is 18.9 Å². The molecule has 0 aromatic carbocycles. The number of amides is 1. The van der Waals surface area contributed by atoms with Gasteiger partial charge in [0.25, 0.3) is 0 Å². The number of unbranched alkanes of at least 4 members (excludes halogenated alkanes) is 33. The van der Waals surface area contributed by atoms with Crippen LogP contribution in [0.2, 0.25) is 0 Å². The van der Waals surface area contributed by atoms with Crippen molar-refractivity contribution >= 4 is 5.91 Å². The molecular weight excluding hydrogens is 1110 g/mol. The predicted octanol–water partition coefficient (Wildman–Crippen LogP) is 8.66. The van der Waals surface area contributed by atoms with E-state index < -0.39 is 124 Å². The van der Waals surface area contributed by atoms with Crippen molar-refractivity contribution in [2.75, 3.05) is 26.4 Å². The van der Waals surface area contributed by atoms with Gasteiger partial charge in [-0.3, -0.25) is 4.79 Å². The van der Waals surface area contributed by atoms with Crippen LogP contribution in [-0.2, 0) is 33.2 Å². The van der Waals surface area contributed by atoms with E-state index in [4.69, 9.17) is 28.4 Å². The molecule has 12 N–H and O–H groups in total. The lowest BCUT2D eigenvalue weighted by Crippen LogP contribution is -2.66. The van der Waals surface area contributed by atoms with E-state index in [1.165, 1.54) is 154 Å². The maximum Gasteiger partial charge on any atom is 0.220 e. The molecule has 506 valence electrons. The van der Waals surface area contributed by atoms with Crippen LogP contribution < -0.4 is 5.32 Å². The third-order valence-electron chi connectivity index (χ3n) is 17.5. The van der Waals surface area contributed by atoms with Gasteiger partial charge >= 0.3 is 0 Å². The Morgan fingerprint density at radius 3 is 1.23 bits per heavy atom. The van der Waals surface area contributed by atoms with Gasteiger partial charge in [0.15, 0.2) is 18.9 Å². The Kier molecular flexibility index (Phi) is 45.6. The summed E-state index contributed by atoms with van der Waals surface area (Å²) in [6.45, 7) is 1.74. The fraction of sp³-hybridized carbons (Fsp3) is 0.925. The van der Waals surface area contributed by atoms with Gasteiger partial charge in [-0.2, -0.15) is 0 Å². The molecule has 0 aromatic heterocycles. The Balaban J connectivity index is 1.39. The zero-order chi connectivity index (χ0) is 62.6. The molecule has 0 radical (unpaired) electrons. The van der Waals surface area contributed by atoms with Crippen molar-refractivity contribution in [2.24, 2.45) is 0 Å². The minimum absolute atomic E-state index is 0.251. The van der Waals surface area contributed by atoms with Crippen molar-refractivity contribution < 1.29 is 89.4 Å². The quantitative estimate of drug-likeness (QED) is 0.0200. The summed E-state index contributed by atoms with van der Waals surface area (Å²) in [6.07, 6.45) is 28.5. The van der Waals surface area contributed by atoms with Crippen molar-refractivity contribution in [2.45, 2.75) is 369 Å². The van der Waals surface area contributed by atoms with Gasteiger partial charge in [0, 0.05) is 6.42 Å². The lowest BCUT2D eigenvalue weighted by atomic mass is 9.96. The van der Waals surface area contributed by atoms with Gasteiger partial charge in [-0.25, -0.2) is 0 Å². The van der Waals surface area contributed by atoms with E-state index in [9.17, 15) is 61.0 Å². The highest BCUT2D eigenvalue weighted by Gasteiger charge is 2.53. The number of nitrogens with one attached hydrogen (secondary N) is 1. The third kappa shape index (κ3) is 32.0. The maximum absolute atomic E-state index is 13.4. The van der Waals surface area contributed by atoms with Crippen LogP contribution in [0.4, 0.5) is 0 Å². The molecule has 3 aliphatic heterocycles. The highest BCUT2D eigenvalue weighted by atomic mass is 16.8. The lowest BCUT2D eigenvalue weighted by Gasteiger charge is -2.48. The number of hydrogen-bond donors (Lipinski definition) is 12. The number of aliphatic hydroxyl groups excluding tert-OH is 11. The Morgan fingerprint density at radius 1 is 0.419 bits per heavy atom. The molecule has 0 bridgehead atoms. The normalized spacial score (nSPS) is 28.9. The van der Waals surface area contributed by atoms with Gasteiger partial charge in [-0.1, -0.05) is 244 Å². The summed E-state index contributed by atoms with van der Waals surface area (Å²) < 4.78 is 34.4. The lowest BCUT2D eigenvalue weighted by molar-refractivity contribution is -0.379. The number of aliphatic hydroxyl groups is 11. The number of rotatable bonds is 53. The first-order valence-electron chi connectivity index (χ1n) is 34.6. The first kappa shape index (κ1) is 78.5. The minimum Gasteiger partial charge on any atom is -0.394 e. The molecule has 0 spiro atoms. The van der Waals surface area contributed by atoms with Crippen LogP contribution in [0.25, 0.3) is 0 Å². The minimum atomic E-state index is -1.97. The van der Waals surface area contributed by atoms with Crippen LogP contribution in [0.1, 0.15) is 264 Å². The van der Waals surface area contributed by atoms with Gasteiger partial charge in [0.1, 0.15) is 73.2 Å². The Morgan fingerprint density at radius 2 is 0.791 bits per heavy atom. The molecule has 3 heterocycles. The smallest absolute Gasteiger partial charge is 0.220 e. The first-order chi connectivity index (χ1) is 41.8. The summed E-state index contributed by atoms with van der Waals surface area (Å²) in [5.41, 5.74) is 0. The van der Waals surface area contributed by atoms with Gasteiger partial charge in [0.05, 0.1) is 38.6 Å². The Labute approximate surface area is 518 Å². The summed E-state index contributed by atoms with van der Waals surface area (Å²) in [5.74, 6) is -0.255. The molecule has 3 fully saturated rings. The second kappa shape index (κ2) is 49.9. The van der Waals surface area contributed by atoms with Gasteiger partial charge < -0.3 is 89.9 Å². The van der Waals surface area contributed by atoms with Gasteiger partial charge in [-0.05, 0) is 38.5 Å². The molecule has 17 unspecified atom stereocenters. The molecule has 19 nitrogen and oxygen atoms in total. The molecule has 0 aliphatic carbocycles. The van der Waals surface area contributed by atoms with E-state index in [0.29, 0.717) is 12.8 Å². The van der Waals surface area contributed by atoms with Crippen molar-refractivity contribution in [3.05, 3.63) is 24.3 Å². The largest absolute Gasteiger partial charge is 0.394 e. The summed E-state index contributed by atoms with van der Waals surface area (Å²) in [6, 6.07) is -0.893. The summed E-state index contributed by atoms with van der Waals surface area (Å²) in [4.78, 5) is 13.4. The van der Waals surface area contributed by atoms with Crippen molar-refractivity contribution in [1.82, 2.24) is 5.32 Å². The average molecular weight is 1230 g/mol. The molecule has 0 saturated carbocycles. The number of allylic oxidation sites excluding steroid dienone is 4. The first-order valence-corrected chi connectivity index (χ1v) is 34.6. The zero-order valence-corrected chi connectivity index (χ0v) is 53.3. The van der Waals surface area contributed by atoms with Crippen LogP contribution in [0, 0.1) is 0 Å². The Hall–Kier alpha value is -1.73. The highest BCUT2D eigenvalue weighted by Crippen LogP contribution is 2.33. The molecule has 3 rings (SSSR count). The van der Waals surface area contributed by atoms with E-state index in [1.807, 2.05) is 0 Å². The third-order valence-corrected chi connectivity index (χ3v) is 17.5.